The molecule has 2 heterocycles. The number of alkyl halides is 3. The number of piperidine rings is 1. The number of phenols is 1. The number of nitrogens with two attached hydrogens (primary N) is 1. The van der Waals surface area contributed by atoms with Crippen molar-refractivity contribution < 1.29 is 61.3 Å². The first-order valence-electron chi connectivity index (χ1n) is 17.1. The summed E-state index contributed by atoms with van der Waals surface area (Å²) in [4.78, 5) is 50.1. The molecule has 3 aromatic carbocycles. The molecule has 0 aliphatic carbocycles. The lowest BCUT2D eigenvalue weighted by atomic mass is 9.95. The van der Waals surface area contributed by atoms with Gasteiger partial charge in [0.15, 0.2) is 11.5 Å². The van der Waals surface area contributed by atoms with Gasteiger partial charge in [-0.15, -0.1) is 0 Å². The summed E-state index contributed by atoms with van der Waals surface area (Å²) in [6.07, 6.45) is -1.91. The molecule has 1 saturated heterocycles. The number of urea groups is 1. The van der Waals surface area contributed by atoms with E-state index in [4.69, 9.17) is 29.8 Å². The lowest BCUT2D eigenvalue weighted by Gasteiger charge is -2.48. The van der Waals surface area contributed by atoms with E-state index in [1.807, 2.05) is 24.3 Å². The largest absolute Gasteiger partial charge is 0.542 e. The van der Waals surface area contributed by atoms with Gasteiger partial charge in [0.05, 0.1) is 30.8 Å². The SMILES string of the molecule is C=CC[N+]1(Cc2ccc3c(c2)OCO3)CCC[C@@H](N(C(=O)Nc2ccc(C(=O)OC(C)C)cc2)[C@@H](Cc2ccc(O)cc2)C(N)=O)C1.O=C([O-])C(F)(F)F. The highest BCUT2D eigenvalue weighted by Crippen LogP contribution is 2.35. The number of aromatic hydroxyl groups is 1. The van der Waals surface area contributed by atoms with Gasteiger partial charge < -0.3 is 49.7 Å². The van der Waals surface area contributed by atoms with Crippen molar-refractivity contribution in [2.45, 2.75) is 64.0 Å². The van der Waals surface area contributed by atoms with Crippen molar-refractivity contribution in [2.75, 3.05) is 31.7 Å². The van der Waals surface area contributed by atoms with Crippen LogP contribution in [0, 0.1) is 0 Å². The lowest BCUT2D eigenvalue weighted by molar-refractivity contribution is -0.941. The van der Waals surface area contributed by atoms with Crippen LogP contribution in [-0.4, -0.2) is 89.2 Å². The Labute approximate surface area is 310 Å². The molecule has 1 unspecified atom stereocenters. The minimum Gasteiger partial charge on any atom is -0.542 e. The molecule has 1 fully saturated rings. The molecular weight excluding hydrogens is 713 g/mol. The third-order valence-electron chi connectivity index (χ3n) is 8.84. The van der Waals surface area contributed by atoms with Crippen LogP contribution >= 0.6 is 0 Å². The van der Waals surface area contributed by atoms with E-state index in [1.165, 1.54) is 0 Å². The van der Waals surface area contributed by atoms with E-state index in [-0.39, 0.29) is 31.1 Å². The van der Waals surface area contributed by atoms with E-state index in [0.29, 0.717) is 53.3 Å². The van der Waals surface area contributed by atoms with E-state index in [1.54, 1.807) is 67.3 Å². The van der Waals surface area contributed by atoms with Crippen LogP contribution in [0.15, 0.2) is 79.4 Å². The molecule has 4 N–H and O–H groups in total. The predicted molar refractivity (Wildman–Crippen MR) is 188 cm³/mol. The summed E-state index contributed by atoms with van der Waals surface area (Å²) in [7, 11) is 0. The number of quaternary nitrogens is 1. The first-order valence-corrected chi connectivity index (χ1v) is 17.1. The van der Waals surface area contributed by atoms with Gasteiger partial charge in [0, 0.05) is 17.7 Å². The Bertz CT molecular complexity index is 1800. The van der Waals surface area contributed by atoms with Crippen LogP contribution in [0.25, 0.3) is 0 Å². The number of halogens is 3. The maximum atomic E-state index is 14.2. The summed E-state index contributed by atoms with van der Waals surface area (Å²) in [5.41, 5.74) is 8.67. The molecule has 0 saturated carbocycles. The van der Waals surface area contributed by atoms with Crippen LogP contribution in [0.2, 0.25) is 0 Å². The molecule has 3 amide bonds. The van der Waals surface area contributed by atoms with E-state index < -0.39 is 36.1 Å². The highest BCUT2D eigenvalue weighted by Gasteiger charge is 2.43. The fourth-order valence-electron chi connectivity index (χ4n) is 6.51. The van der Waals surface area contributed by atoms with E-state index >= 15 is 0 Å². The van der Waals surface area contributed by atoms with E-state index in [0.717, 1.165) is 24.1 Å². The van der Waals surface area contributed by atoms with Gasteiger partial charge in [0.25, 0.3) is 0 Å². The van der Waals surface area contributed by atoms with Crippen molar-refractivity contribution >= 4 is 29.6 Å². The van der Waals surface area contributed by atoms with Crippen LogP contribution < -0.4 is 25.6 Å². The summed E-state index contributed by atoms with van der Waals surface area (Å²) in [6, 6.07) is 17.1. The molecule has 3 atom stereocenters. The normalized spacial score (nSPS) is 18.1. The highest BCUT2D eigenvalue weighted by molar-refractivity contribution is 5.95. The average molecular weight is 757 g/mol. The molecular formula is C38H43F3N4O9. The number of phenolic OH excluding ortho intramolecular Hbond substituents is 1. The number of ether oxygens (including phenoxy) is 3. The Morgan fingerprint density at radius 3 is 2.28 bits per heavy atom. The molecule has 2 aliphatic rings. The van der Waals surface area contributed by atoms with Crippen molar-refractivity contribution in [3.63, 3.8) is 0 Å². The Kier molecular flexibility index (Phi) is 13.5. The number of likely N-dealkylation sites (tertiary alicyclic amines) is 1. The smallest absolute Gasteiger partial charge is 0.430 e. The average Bonchev–Trinajstić information content (AvgIpc) is 3.57. The topological polar surface area (TPSA) is 181 Å². The van der Waals surface area contributed by atoms with Gasteiger partial charge in [-0.25, -0.2) is 9.59 Å². The number of amides is 3. The number of benzene rings is 3. The van der Waals surface area contributed by atoms with Gasteiger partial charge >= 0.3 is 18.2 Å². The zero-order valence-corrected chi connectivity index (χ0v) is 29.8. The van der Waals surface area contributed by atoms with Gasteiger partial charge in [-0.1, -0.05) is 18.7 Å². The number of primary amides is 1. The molecule has 5 rings (SSSR count). The van der Waals surface area contributed by atoms with Crippen molar-refractivity contribution in [3.05, 3.63) is 96.1 Å². The number of rotatable bonds is 12. The van der Waals surface area contributed by atoms with Crippen LogP contribution in [0.5, 0.6) is 17.2 Å². The van der Waals surface area contributed by atoms with Crippen LogP contribution in [0.1, 0.15) is 48.2 Å². The quantitative estimate of drug-likeness (QED) is 0.138. The van der Waals surface area contributed by atoms with E-state index in [2.05, 4.69) is 11.9 Å². The van der Waals surface area contributed by atoms with Crippen LogP contribution in [-0.2, 0) is 27.3 Å². The summed E-state index contributed by atoms with van der Waals surface area (Å²) < 4.78 is 48.6. The Balaban J connectivity index is 0.000000845. The monoisotopic (exact) mass is 756 g/mol. The lowest BCUT2D eigenvalue weighted by Crippen LogP contribution is -2.64. The van der Waals surface area contributed by atoms with Gasteiger partial charge in [-0.05, 0) is 92.9 Å². The molecule has 0 bridgehead atoms. The molecule has 16 heteroatoms. The molecule has 2 aliphatic heterocycles. The standard InChI is InChI=1S/C36H42N4O7.C2HF3O2/c1-4-17-40(21-26-9-16-32-33(20-26)46-23-45-32)18-5-6-29(22-40)39(31(34(37)42)19-25-7-14-30(41)15-8-25)36(44)38-28-12-10-27(11-13-28)35(43)47-24(2)3;3-2(4,5)1(6)7/h4,7-16,20,24,29,31H,1,5-6,17-19,21-23H2,2-3H3,(H3-,37,38,41,42,43,44);(H,6,7)/t29-,31+,40?;/m1./s1. The maximum absolute atomic E-state index is 14.2. The second-order valence-electron chi connectivity index (χ2n) is 13.3. The Morgan fingerprint density at radius 2 is 1.69 bits per heavy atom. The van der Waals surface area contributed by atoms with Gasteiger partial charge in [-0.3, -0.25) is 4.79 Å². The number of carbonyl (C=O) groups excluding carboxylic acids is 4. The number of nitrogens with zero attached hydrogens (tertiary/aromatic N) is 2. The molecule has 0 spiro atoms. The molecule has 54 heavy (non-hydrogen) atoms. The summed E-state index contributed by atoms with van der Waals surface area (Å²) >= 11 is 0. The first-order chi connectivity index (χ1) is 25.5. The Hall–Kier alpha value is -5.77. The number of esters is 1. The van der Waals surface area contributed by atoms with Crippen molar-refractivity contribution in [3.8, 4) is 17.2 Å². The highest BCUT2D eigenvalue weighted by atomic mass is 19.4. The minimum atomic E-state index is -5.19. The zero-order chi connectivity index (χ0) is 39.6. The van der Waals surface area contributed by atoms with Gasteiger partial charge in [-0.2, -0.15) is 13.2 Å². The number of fused-ring (bicyclic) bond motifs is 1. The molecule has 13 nitrogen and oxygen atoms in total. The maximum Gasteiger partial charge on any atom is 0.430 e. The molecule has 0 radical (unpaired) electrons. The van der Waals surface area contributed by atoms with Gasteiger partial charge in [0.2, 0.25) is 12.7 Å². The summed E-state index contributed by atoms with van der Waals surface area (Å²) in [6.45, 7) is 10.5. The number of nitrogens with one attached hydrogen (secondary N) is 1. The number of carboxylic acids is 1. The molecule has 0 aromatic heterocycles. The van der Waals surface area contributed by atoms with Crippen molar-refractivity contribution in [2.24, 2.45) is 5.73 Å². The molecule has 290 valence electrons. The molecule has 3 aromatic rings. The number of aliphatic carboxylic acids is 1. The second-order valence-corrected chi connectivity index (χ2v) is 13.3. The number of carbonyl (C=O) groups is 4. The third-order valence-corrected chi connectivity index (χ3v) is 8.84. The van der Waals surface area contributed by atoms with Crippen LogP contribution in [0.4, 0.5) is 23.7 Å². The summed E-state index contributed by atoms with van der Waals surface area (Å²) in [5.74, 6) is -2.58. The number of anilines is 1. The van der Waals surface area contributed by atoms with Gasteiger partial charge in [0.1, 0.15) is 30.9 Å². The zero-order valence-electron chi connectivity index (χ0n) is 29.8. The number of hydrogen-bond donors (Lipinski definition) is 3. The predicted octanol–water partition coefficient (Wildman–Crippen LogP) is 4.28. The summed E-state index contributed by atoms with van der Waals surface area (Å²) in [5, 5.41) is 21.6. The van der Waals surface area contributed by atoms with E-state index in [9.17, 15) is 32.7 Å². The number of carboxylic acid groups (broad SMARTS) is 1. The first kappa shape index (κ1) is 41.0. The minimum absolute atomic E-state index is 0.0991. The fraction of sp³-hybridized carbons (Fsp3) is 0.368. The third kappa shape index (κ3) is 11.1. The second kappa shape index (κ2) is 17.8. The van der Waals surface area contributed by atoms with Crippen molar-refractivity contribution in [1.29, 1.82) is 0 Å². The van der Waals surface area contributed by atoms with Crippen LogP contribution in [0.3, 0.4) is 0 Å². The number of hydrogen-bond acceptors (Lipinski definition) is 9. The van der Waals surface area contributed by atoms with Crippen molar-refractivity contribution in [1.82, 2.24) is 4.90 Å². The fourth-order valence-corrected chi connectivity index (χ4v) is 6.51. The Morgan fingerprint density at radius 1 is 1.06 bits per heavy atom.